The third-order valence-electron chi connectivity index (χ3n) is 2.50. The molecule has 0 aliphatic heterocycles. The maximum absolute atomic E-state index is 5.77. The van der Waals surface area contributed by atoms with Gasteiger partial charge in [-0.05, 0) is 56.8 Å². The van der Waals surface area contributed by atoms with Crippen molar-refractivity contribution in [1.29, 1.82) is 0 Å². The van der Waals surface area contributed by atoms with E-state index in [1.54, 1.807) is 0 Å². The number of unbranched alkanes of at least 4 members (excludes halogenated alkanes) is 2. The first-order chi connectivity index (χ1) is 8.69. The highest BCUT2D eigenvalue weighted by Crippen LogP contribution is 2.36. The monoisotopic (exact) mass is 378 g/mol. The third kappa shape index (κ3) is 5.19. The molecule has 1 rings (SSSR count). The van der Waals surface area contributed by atoms with Gasteiger partial charge in [-0.3, -0.25) is 0 Å². The van der Waals surface area contributed by atoms with Crippen molar-refractivity contribution in [3.05, 3.63) is 21.1 Å². The highest BCUT2D eigenvalue weighted by Gasteiger charge is 2.09. The summed E-state index contributed by atoms with van der Waals surface area (Å²) in [7, 11) is 0. The molecule has 0 heterocycles. The predicted molar refractivity (Wildman–Crippen MR) is 82.6 cm³/mol. The molecule has 102 valence electrons. The minimum atomic E-state index is 0.731. The molecule has 18 heavy (non-hydrogen) atoms. The van der Waals surface area contributed by atoms with Crippen LogP contribution in [-0.4, -0.2) is 13.2 Å². The van der Waals surface area contributed by atoms with Gasteiger partial charge in [-0.2, -0.15) is 0 Å². The van der Waals surface area contributed by atoms with E-state index in [9.17, 15) is 0 Å². The van der Waals surface area contributed by atoms with Crippen LogP contribution in [0.5, 0.6) is 11.5 Å². The minimum absolute atomic E-state index is 0.731. The summed E-state index contributed by atoms with van der Waals surface area (Å²) in [6.07, 6.45) is 4.37. The number of ether oxygens (including phenoxy) is 2. The van der Waals surface area contributed by atoms with Gasteiger partial charge in [0.05, 0.1) is 13.2 Å². The molecule has 0 aliphatic carbocycles. The van der Waals surface area contributed by atoms with Crippen LogP contribution in [0.1, 0.15) is 39.5 Å². The van der Waals surface area contributed by atoms with Crippen molar-refractivity contribution in [3.8, 4) is 11.5 Å². The van der Waals surface area contributed by atoms with Crippen LogP contribution in [0.2, 0.25) is 0 Å². The second kappa shape index (κ2) is 8.81. The van der Waals surface area contributed by atoms with Crippen LogP contribution >= 0.6 is 31.9 Å². The van der Waals surface area contributed by atoms with Crippen molar-refractivity contribution in [2.75, 3.05) is 13.2 Å². The number of hydrogen-bond acceptors (Lipinski definition) is 2. The Morgan fingerprint density at radius 3 is 1.56 bits per heavy atom. The lowest BCUT2D eigenvalue weighted by atomic mass is 10.3. The molecule has 0 fully saturated rings. The quantitative estimate of drug-likeness (QED) is 0.549. The number of rotatable bonds is 8. The van der Waals surface area contributed by atoms with Crippen LogP contribution in [0.3, 0.4) is 0 Å². The van der Waals surface area contributed by atoms with Crippen molar-refractivity contribution in [2.45, 2.75) is 39.5 Å². The van der Waals surface area contributed by atoms with E-state index in [0.29, 0.717) is 0 Å². The van der Waals surface area contributed by atoms with Gasteiger partial charge >= 0.3 is 0 Å². The number of halogens is 2. The van der Waals surface area contributed by atoms with Crippen LogP contribution in [0.25, 0.3) is 0 Å². The molecule has 0 aliphatic rings. The molecular formula is C14H20Br2O2. The first-order valence-corrected chi connectivity index (χ1v) is 8.02. The lowest BCUT2D eigenvalue weighted by Gasteiger charge is -2.14. The highest BCUT2D eigenvalue weighted by molar-refractivity contribution is 9.13. The Labute approximate surface area is 126 Å². The van der Waals surface area contributed by atoms with Gasteiger partial charge < -0.3 is 9.47 Å². The van der Waals surface area contributed by atoms with E-state index in [1.807, 2.05) is 12.1 Å². The fourth-order valence-corrected chi connectivity index (χ4v) is 2.03. The maximum atomic E-state index is 5.77. The first-order valence-electron chi connectivity index (χ1n) is 6.43. The Morgan fingerprint density at radius 2 is 1.22 bits per heavy atom. The van der Waals surface area contributed by atoms with Crippen LogP contribution < -0.4 is 9.47 Å². The van der Waals surface area contributed by atoms with E-state index in [-0.39, 0.29) is 0 Å². The molecule has 0 bridgehead atoms. The average molecular weight is 380 g/mol. The Bertz CT molecular complexity index is 332. The third-order valence-corrected chi connectivity index (χ3v) is 4.34. The summed E-state index contributed by atoms with van der Waals surface area (Å²) < 4.78 is 13.5. The summed E-state index contributed by atoms with van der Waals surface area (Å²) >= 11 is 6.98. The normalized spacial score (nSPS) is 10.4. The van der Waals surface area contributed by atoms with Gasteiger partial charge in [0.2, 0.25) is 0 Å². The molecule has 0 unspecified atom stereocenters. The summed E-state index contributed by atoms with van der Waals surface area (Å²) in [5.41, 5.74) is 0. The summed E-state index contributed by atoms with van der Waals surface area (Å²) in [6.45, 7) is 5.77. The van der Waals surface area contributed by atoms with Crippen molar-refractivity contribution in [2.24, 2.45) is 0 Å². The first kappa shape index (κ1) is 15.8. The van der Waals surface area contributed by atoms with Gasteiger partial charge in [0.1, 0.15) is 0 Å². The Hall–Kier alpha value is -0.220. The second-order valence-corrected chi connectivity index (χ2v) is 5.83. The van der Waals surface area contributed by atoms with E-state index in [1.165, 1.54) is 0 Å². The van der Waals surface area contributed by atoms with Crippen molar-refractivity contribution in [1.82, 2.24) is 0 Å². The lowest BCUT2D eigenvalue weighted by molar-refractivity contribution is 0.261. The minimum Gasteiger partial charge on any atom is -0.490 e. The topological polar surface area (TPSA) is 18.5 Å². The molecule has 1 aromatic carbocycles. The Morgan fingerprint density at radius 1 is 0.833 bits per heavy atom. The molecule has 0 N–H and O–H groups in total. The fraction of sp³-hybridized carbons (Fsp3) is 0.571. The van der Waals surface area contributed by atoms with Gasteiger partial charge in [0, 0.05) is 8.95 Å². The molecule has 0 saturated heterocycles. The molecule has 0 amide bonds. The smallest absolute Gasteiger partial charge is 0.162 e. The zero-order valence-corrected chi connectivity index (χ0v) is 14.1. The lowest BCUT2D eigenvalue weighted by Crippen LogP contribution is -2.02. The summed E-state index contributed by atoms with van der Waals surface area (Å²) in [4.78, 5) is 0. The predicted octanol–water partition coefficient (Wildman–Crippen LogP) is 5.57. The van der Waals surface area contributed by atoms with Gasteiger partial charge in [0.15, 0.2) is 11.5 Å². The van der Waals surface area contributed by atoms with Gasteiger partial charge in [-0.15, -0.1) is 0 Å². The van der Waals surface area contributed by atoms with Crippen molar-refractivity contribution < 1.29 is 9.47 Å². The zero-order valence-electron chi connectivity index (χ0n) is 11.0. The van der Waals surface area contributed by atoms with Gasteiger partial charge in [0.25, 0.3) is 0 Å². The van der Waals surface area contributed by atoms with Crippen molar-refractivity contribution in [3.63, 3.8) is 0 Å². The molecule has 0 spiro atoms. The largest absolute Gasteiger partial charge is 0.490 e. The summed E-state index contributed by atoms with van der Waals surface area (Å²) in [6, 6.07) is 3.92. The molecule has 0 atom stereocenters. The molecular weight excluding hydrogens is 360 g/mol. The Balaban J connectivity index is 2.73. The molecule has 1 aromatic rings. The van der Waals surface area contributed by atoms with Crippen LogP contribution in [0.15, 0.2) is 21.1 Å². The van der Waals surface area contributed by atoms with Crippen molar-refractivity contribution >= 4 is 31.9 Å². The van der Waals surface area contributed by atoms with E-state index in [0.717, 1.165) is 59.3 Å². The van der Waals surface area contributed by atoms with E-state index in [4.69, 9.17) is 9.47 Å². The molecule has 4 heteroatoms. The van der Waals surface area contributed by atoms with Crippen LogP contribution in [-0.2, 0) is 0 Å². The van der Waals surface area contributed by atoms with Crippen LogP contribution in [0, 0.1) is 0 Å². The van der Waals surface area contributed by atoms with Gasteiger partial charge in [-0.1, -0.05) is 26.7 Å². The number of hydrogen-bond donors (Lipinski definition) is 0. The second-order valence-electron chi connectivity index (χ2n) is 4.12. The molecule has 0 radical (unpaired) electrons. The van der Waals surface area contributed by atoms with E-state index >= 15 is 0 Å². The van der Waals surface area contributed by atoms with Crippen LogP contribution in [0.4, 0.5) is 0 Å². The molecule has 0 saturated carbocycles. The van der Waals surface area contributed by atoms with E-state index in [2.05, 4.69) is 45.7 Å². The fourth-order valence-electron chi connectivity index (χ4n) is 1.39. The average Bonchev–Trinajstić information content (AvgIpc) is 2.35. The summed E-state index contributed by atoms with van der Waals surface area (Å²) in [5.74, 6) is 1.63. The van der Waals surface area contributed by atoms with E-state index < -0.39 is 0 Å². The summed E-state index contributed by atoms with van der Waals surface area (Å²) in [5, 5.41) is 0. The zero-order chi connectivity index (χ0) is 13.4. The molecule has 0 aromatic heterocycles. The number of benzene rings is 1. The standard InChI is InChI=1S/C14H20Br2O2/c1-3-5-7-17-13-9-11(15)12(16)10-14(13)18-8-6-4-2/h9-10H,3-8H2,1-2H3. The SMILES string of the molecule is CCCCOc1cc(Br)c(Br)cc1OCCCC. The van der Waals surface area contributed by atoms with Gasteiger partial charge in [-0.25, -0.2) is 0 Å². The Kier molecular flexibility index (Phi) is 7.75. The molecule has 2 nitrogen and oxygen atoms in total. The highest BCUT2D eigenvalue weighted by atomic mass is 79.9. The maximum Gasteiger partial charge on any atom is 0.162 e.